The Labute approximate surface area is 137 Å². The molecule has 120 valence electrons. The van der Waals surface area contributed by atoms with Crippen molar-refractivity contribution in [2.45, 2.75) is 11.3 Å². The summed E-state index contributed by atoms with van der Waals surface area (Å²) in [6, 6.07) is 13.6. The van der Waals surface area contributed by atoms with E-state index in [0.717, 1.165) is 5.56 Å². The molecule has 0 atom stereocenters. The molecule has 0 saturated carbocycles. The lowest BCUT2D eigenvalue weighted by Gasteiger charge is -2.12. The Balaban J connectivity index is 2.26. The molecule has 0 saturated heterocycles. The summed E-state index contributed by atoms with van der Waals surface area (Å²) in [6.45, 7) is 3.62. The van der Waals surface area contributed by atoms with Crippen LogP contribution in [0.1, 0.15) is 5.56 Å². The number of rotatable bonds is 7. The first kappa shape index (κ1) is 16.8. The van der Waals surface area contributed by atoms with Crippen molar-refractivity contribution in [2.24, 2.45) is 0 Å². The lowest BCUT2D eigenvalue weighted by atomic mass is 10.1. The fourth-order valence-electron chi connectivity index (χ4n) is 2.05. The van der Waals surface area contributed by atoms with Crippen molar-refractivity contribution < 1.29 is 13.2 Å². The Morgan fingerprint density at radius 1 is 1.13 bits per heavy atom. The predicted octanol–water partition coefficient (Wildman–Crippen LogP) is 3.78. The van der Waals surface area contributed by atoms with Crippen molar-refractivity contribution in [1.29, 1.82) is 0 Å². The highest BCUT2D eigenvalue weighted by Gasteiger charge is 2.15. The van der Waals surface area contributed by atoms with E-state index in [4.69, 9.17) is 4.74 Å². The van der Waals surface area contributed by atoms with Crippen molar-refractivity contribution in [1.82, 2.24) is 0 Å². The van der Waals surface area contributed by atoms with Crippen LogP contribution in [0, 0.1) is 0 Å². The van der Waals surface area contributed by atoms with Crippen LogP contribution < -0.4 is 9.46 Å². The second-order valence-corrected chi connectivity index (χ2v) is 6.49. The smallest absolute Gasteiger partial charge is 0.261 e. The molecule has 0 bridgehead atoms. The molecule has 0 heterocycles. The van der Waals surface area contributed by atoms with Crippen molar-refractivity contribution in [3.8, 4) is 5.75 Å². The SMILES string of the molecule is C=C/C=C/Cc1ccccc1NS(=O)(=O)c1ccc(OC)cc1. The van der Waals surface area contributed by atoms with E-state index in [9.17, 15) is 8.42 Å². The minimum Gasteiger partial charge on any atom is -0.497 e. The molecular formula is C18H19NO3S. The van der Waals surface area contributed by atoms with E-state index in [2.05, 4.69) is 11.3 Å². The molecule has 2 aromatic carbocycles. The van der Waals surface area contributed by atoms with Gasteiger partial charge in [0.2, 0.25) is 0 Å². The molecule has 0 amide bonds. The highest BCUT2D eigenvalue weighted by atomic mass is 32.2. The largest absolute Gasteiger partial charge is 0.497 e. The highest BCUT2D eigenvalue weighted by molar-refractivity contribution is 7.92. The average molecular weight is 329 g/mol. The highest BCUT2D eigenvalue weighted by Crippen LogP contribution is 2.22. The van der Waals surface area contributed by atoms with Crippen LogP contribution in [0.5, 0.6) is 5.75 Å². The van der Waals surface area contributed by atoms with Crippen molar-refractivity contribution in [3.63, 3.8) is 0 Å². The van der Waals surface area contributed by atoms with E-state index in [0.29, 0.717) is 17.9 Å². The number of hydrogen-bond acceptors (Lipinski definition) is 3. The summed E-state index contributed by atoms with van der Waals surface area (Å²) in [4.78, 5) is 0.190. The summed E-state index contributed by atoms with van der Waals surface area (Å²) in [6.07, 6.45) is 6.06. The lowest BCUT2D eigenvalue weighted by Crippen LogP contribution is -2.14. The van der Waals surface area contributed by atoms with Gasteiger partial charge in [-0.05, 0) is 42.3 Å². The van der Waals surface area contributed by atoms with E-state index in [1.54, 1.807) is 30.3 Å². The van der Waals surface area contributed by atoms with Crippen LogP contribution in [0.2, 0.25) is 0 Å². The standard InChI is InChI=1S/C18H19NO3S/c1-3-4-5-8-15-9-6-7-10-18(15)19-23(20,21)17-13-11-16(22-2)12-14-17/h3-7,9-14,19H,1,8H2,2H3/b5-4+. The Morgan fingerprint density at radius 2 is 1.83 bits per heavy atom. The van der Waals surface area contributed by atoms with Gasteiger partial charge in [-0.15, -0.1) is 0 Å². The molecule has 2 rings (SSSR count). The third-order valence-corrected chi connectivity index (χ3v) is 4.62. The van der Waals surface area contributed by atoms with Gasteiger partial charge < -0.3 is 4.74 Å². The molecule has 0 aliphatic carbocycles. The first-order chi connectivity index (χ1) is 11.1. The van der Waals surface area contributed by atoms with Crippen LogP contribution in [-0.2, 0) is 16.4 Å². The molecule has 23 heavy (non-hydrogen) atoms. The van der Waals surface area contributed by atoms with Gasteiger partial charge in [-0.1, -0.05) is 43.0 Å². The fraction of sp³-hybridized carbons (Fsp3) is 0.111. The average Bonchev–Trinajstić information content (AvgIpc) is 2.56. The van der Waals surface area contributed by atoms with E-state index in [1.165, 1.54) is 19.2 Å². The zero-order chi connectivity index (χ0) is 16.7. The van der Waals surface area contributed by atoms with E-state index < -0.39 is 10.0 Å². The first-order valence-corrected chi connectivity index (χ1v) is 8.57. The quantitative estimate of drug-likeness (QED) is 0.787. The van der Waals surface area contributed by atoms with Gasteiger partial charge in [-0.2, -0.15) is 0 Å². The third kappa shape index (κ3) is 4.47. The summed E-state index contributed by atoms with van der Waals surface area (Å²) >= 11 is 0. The van der Waals surface area contributed by atoms with E-state index >= 15 is 0 Å². The molecule has 1 N–H and O–H groups in total. The van der Waals surface area contributed by atoms with E-state index in [-0.39, 0.29) is 4.90 Å². The van der Waals surface area contributed by atoms with Gasteiger partial charge in [0.1, 0.15) is 5.75 Å². The zero-order valence-electron chi connectivity index (χ0n) is 12.9. The number of ether oxygens (including phenoxy) is 1. The van der Waals surface area contributed by atoms with Gasteiger partial charge in [0.15, 0.2) is 0 Å². The number of sulfonamides is 1. The maximum absolute atomic E-state index is 12.5. The number of para-hydroxylation sites is 1. The molecule has 0 unspecified atom stereocenters. The Hall–Kier alpha value is -2.53. The summed E-state index contributed by atoms with van der Waals surface area (Å²) in [5, 5.41) is 0. The number of nitrogens with one attached hydrogen (secondary N) is 1. The first-order valence-electron chi connectivity index (χ1n) is 7.09. The molecule has 0 aliphatic rings. The molecule has 4 nitrogen and oxygen atoms in total. The Bertz CT molecular complexity index is 793. The third-order valence-electron chi connectivity index (χ3n) is 3.24. The number of allylic oxidation sites excluding steroid dienone is 3. The number of methoxy groups -OCH3 is 1. The molecule has 0 aliphatic heterocycles. The number of hydrogen-bond donors (Lipinski definition) is 1. The maximum Gasteiger partial charge on any atom is 0.261 e. The van der Waals surface area contributed by atoms with Crippen LogP contribution in [0.4, 0.5) is 5.69 Å². The van der Waals surface area contributed by atoms with E-state index in [1.807, 2.05) is 24.3 Å². The minimum absolute atomic E-state index is 0.190. The number of anilines is 1. The van der Waals surface area contributed by atoms with Crippen LogP contribution in [-0.4, -0.2) is 15.5 Å². The zero-order valence-corrected chi connectivity index (χ0v) is 13.7. The molecule has 0 fully saturated rings. The van der Waals surface area contributed by atoms with Crippen molar-refractivity contribution in [2.75, 3.05) is 11.8 Å². The topological polar surface area (TPSA) is 55.4 Å². The van der Waals surface area contributed by atoms with Gasteiger partial charge in [-0.25, -0.2) is 8.42 Å². The maximum atomic E-state index is 12.5. The second-order valence-electron chi connectivity index (χ2n) is 4.81. The van der Waals surface area contributed by atoms with Gasteiger partial charge in [0.25, 0.3) is 10.0 Å². The summed E-state index contributed by atoms with van der Waals surface area (Å²) in [5.74, 6) is 0.610. The lowest BCUT2D eigenvalue weighted by molar-refractivity contribution is 0.414. The number of benzene rings is 2. The summed E-state index contributed by atoms with van der Waals surface area (Å²) in [7, 11) is -2.10. The summed E-state index contributed by atoms with van der Waals surface area (Å²) < 4.78 is 32.7. The van der Waals surface area contributed by atoms with Gasteiger partial charge in [0.05, 0.1) is 17.7 Å². The van der Waals surface area contributed by atoms with Crippen LogP contribution >= 0.6 is 0 Å². The minimum atomic E-state index is -3.64. The molecular weight excluding hydrogens is 310 g/mol. The van der Waals surface area contributed by atoms with Crippen molar-refractivity contribution in [3.05, 3.63) is 78.9 Å². The molecule has 5 heteroatoms. The monoisotopic (exact) mass is 329 g/mol. The van der Waals surface area contributed by atoms with Gasteiger partial charge in [-0.3, -0.25) is 4.72 Å². The van der Waals surface area contributed by atoms with Crippen LogP contribution in [0.25, 0.3) is 0 Å². The molecule has 0 aromatic heterocycles. The van der Waals surface area contributed by atoms with Crippen LogP contribution in [0.15, 0.2) is 78.2 Å². The molecule has 2 aromatic rings. The van der Waals surface area contributed by atoms with Gasteiger partial charge >= 0.3 is 0 Å². The Kier molecular flexibility index (Phi) is 5.60. The van der Waals surface area contributed by atoms with Crippen LogP contribution in [0.3, 0.4) is 0 Å². The second kappa shape index (κ2) is 7.65. The van der Waals surface area contributed by atoms with Crippen molar-refractivity contribution >= 4 is 15.7 Å². The summed E-state index contributed by atoms with van der Waals surface area (Å²) in [5.41, 5.74) is 1.46. The fourth-order valence-corrected chi connectivity index (χ4v) is 3.15. The molecule has 0 radical (unpaired) electrons. The molecule has 0 spiro atoms. The predicted molar refractivity (Wildman–Crippen MR) is 93.3 cm³/mol. The Morgan fingerprint density at radius 3 is 2.48 bits per heavy atom. The van der Waals surface area contributed by atoms with Gasteiger partial charge in [0, 0.05) is 0 Å². The normalized spacial score (nSPS) is 11.3.